The average molecular weight is 332 g/mol. The van der Waals surface area contributed by atoms with E-state index >= 15 is 0 Å². The van der Waals surface area contributed by atoms with Crippen LogP contribution >= 0.6 is 0 Å². The third-order valence-corrected chi connectivity index (χ3v) is 3.81. The van der Waals surface area contributed by atoms with E-state index in [-0.39, 0.29) is 18.0 Å². The first kappa shape index (κ1) is 5.54. The first-order chi connectivity index (χ1) is 17.5. The zero-order chi connectivity index (χ0) is 31.6. The van der Waals surface area contributed by atoms with Gasteiger partial charge in [-0.25, -0.2) is 0 Å². The summed E-state index contributed by atoms with van der Waals surface area (Å²) >= 11 is 0. The molecule has 0 saturated carbocycles. The van der Waals surface area contributed by atoms with Gasteiger partial charge in [-0.1, -0.05) is 31.2 Å². The summed E-state index contributed by atoms with van der Waals surface area (Å²) in [6.45, 7) is 0.295. The molecule has 1 N–H and O–H groups in total. The van der Waals surface area contributed by atoms with Crippen LogP contribution in [0.4, 0.5) is 0 Å². The maximum Gasteiger partial charge on any atom is 0.127 e. The molecule has 0 unspecified atom stereocenters. The van der Waals surface area contributed by atoms with E-state index in [1.807, 2.05) is 0 Å². The van der Waals surface area contributed by atoms with Gasteiger partial charge in [0.05, 0.1) is 4.11 Å². The van der Waals surface area contributed by atoms with E-state index in [0.717, 1.165) is 0 Å². The Morgan fingerprint density at radius 1 is 1.52 bits per heavy atom. The molecule has 0 bridgehead atoms. The molecule has 0 spiro atoms. The molecule has 126 valence electrons. The van der Waals surface area contributed by atoms with E-state index in [1.54, 1.807) is 0 Å². The molecule has 0 radical (unpaired) electrons. The van der Waals surface area contributed by atoms with E-state index in [4.69, 9.17) is 26.7 Å². The highest BCUT2D eigenvalue weighted by Gasteiger charge is 2.45. The molecule has 1 aliphatic carbocycles. The molecule has 2 aliphatic rings. The second kappa shape index (κ2) is 6.22. The van der Waals surface area contributed by atoms with Crippen LogP contribution < -0.4 is 4.74 Å². The Bertz CT molecular complexity index is 1280. The van der Waals surface area contributed by atoms with Crippen molar-refractivity contribution in [1.29, 1.82) is 0 Å². The third kappa shape index (κ3) is 3.13. The number of benzene rings is 1. The van der Waals surface area contributed by atoms with Gasteiger partial charge in [-0.05, 0) is 64.0 Å². The van der Waals surface area contributed by atoms with Crippen molar-refractivity contribution in [2.75, 3.05) is 0 Å². The fourth-order valence-corrected chi connectivity index (χ4v) is 2.83. The van der Waals surface area contributed by atoms with E-state index in [2.05, 4.69) is 0 Å². The molecular weight excluding hydrogens is 284 g/mol. The van der Waals surface area contributed by atoms with Gasteiger partial charge in [0.15, 0.2) is 0 Å². The number of hydrogen-bond acceptors (Lipinski definition) is 2. The molecule has 0 aromatic heterocycles. The molecule has 2 heteroatoms. The smallest absolute Gasteiger partial charge is 0.127 e. The number of hydrogen-bond donors (Lipinski definition) is 1. The molecule has 0 fully saturated rings. The Balaban J connectivity index is 2.42. The molecule has 1 aromatic carbocycles. The van der Waals surface area contributed by atoms with Gasteiger partial charge < -0.3 is 9.84 Å². The molecule has 0 amide bonds. The molecule has 2 atom stereocenters. The van der Waals surface area contributed by atoms with Gasteiger partial charge in [0.25, 0.3) is 0 Å². The molecule has 1 aliphatic heterocycles. The van der Waals surface area contributed by atoms with Gasteiger partial charge in [-0.2, -0.15) is 0 Å². The summed E-state index contributed by atoms with van der Waals surface area (Å²) in [5.41, 5.74) is -3.44. The molecular formula is C21H30O2. The van der Waals surface area contributed by atoms with E-state index in [1.165, 1.54) is 20.8 Å². The van der Waals surface area contributed by atoms with Crippen LogP contribution in [-0.4, -0.2) is 10.7 Å². The first-order valence-corrected chi connectivity index (χ1v) is 7.20. The first-order valence-electron chi connectivity index (χ1n) is 15.7. The van der Waals surface area contributed by atoms with Gasteiger partial charge in [0.2, 0.25) is 0 Å². The molecule has 23 heavy (non-hydrogen) atoms. The zero-order valence-corrected chi connectivity index (χ0v) is 13.1. The van der Waals surface area contributed by atoms with E-state index in [9.17, 15) is 6.48 Å². The van der Waals surface area contributed by atoms with Crippen LogP contribution in [0, 0.1) is 5.89 Å². The maximum absolute atomic E-state index is 11.2. The topological polar surface area (TPSA) is 29.5 Å². The molecule has 3 rings (SSSR count). The monoisotopic (exact) mass is 331 g/mol. The number of aromatic hydroxyl groups is 1. The number of ether oxygens (including phenoxy) is 1. The molecule has 1 heterocycles. The molecule has 0 saturated heterocycles. The van der Waals surface area contributed by atoms with Crippen molar-refractivity contribution in [3.05, 3.63) is 34.8 Å². The summed E-state index contributed by atoms with van der Waals surface area (Å²) in [4.78, 5) is 0. The quantitative estimate of drug-likeness (QED) is 0.713. The van der Waals surface area contributed by atoms with Gasteiger partial charge in [0, 0.05) is 36.6 Å². The van der Waals surface area contributed by atoms with Gasteiger partial charge in [0.1, 0.15) is 17.1 Å². The van der Waals surface area contributed by atoms with E-state index < -0.39 is 90.8 Å². The zero-order valence-electron chi connectivity index (χ0n) is 30.1. The van der Waals surface area contributed by atoms with Crippen LogP contribution in [0.5, 0.6) is 11.5 Å². The third-order valence-electron chi connectivity index (χ3n) is 3.81. The number of allylic oxidation sites excluding steroid dienone is 2. The molecule has 2 nitrogen and oxygen atoms in total. The Morgan fingerprint density at radius 3 is 3.13 bits per heavy atom. The Morgan fingerprint density at radius 2 is 2.35 bits per heavy atom. The summed E-state index contributed by atoms with van der Waals surface area (Å²) in [5.74, 6) is -5.73. The van der Waals surface area contributed by atoms with E-state index in [0.29, 0.717) is 0 Å². The standard InChI is InChI=1S/C21H30O2/c1-5-6-7-8-15-12-18(22)20-16-11-14(2)9-10-17(16)21(3,4)23-19(20)13-15/h11-13,16-17,22H,5-10H2,1-4H3/t16-,17-/m1/s1/i1D3,5D2,6D2,7D2,8D2,10D2,11D,12D,13D,17D. The van der Waals surface area contributed by atoms with Crippen molar-refractivity contribution in [2.24, 2.45) is 5.89 Å². The minimum atomic E-state index is -4.08. The SMILES string of the molecule is [2H]C1=C(C)CC([2H])([2H])[C@]2([2H])[C@@H]1c1c(O)c([2H])c(C([2H])([2H])C([2H])([2H])C([2H])([2H])C([2H])([2H])C([2H])([2H])[2H])c([2H])c1OC2(C)C. The van der Waals surface area contributed by atoms with Crippen LogP contribution in [0.15, 0.2) is 23.7 Å². The summed E-state index contributed by atoms with van der Waals surface area (Å²) in [6.07, 6.45) is -18.6. The Hall–Kier alpha value is -1.44. The van der Waals surface area contributed by atoms with Crippen LogP contribution in [0.25, 0.3) is 0 Å². The number of rotatable bonds is 4. The largest absolute Gasteiger partial charge is 0.507 e. The van der Waals surface area contributed by atoms with Crippen LogP contribution in [0.1, 0.15) is 99.9 Å². The summed E-state index contributed by atoms with van der Waals surface area (Å²) in [6, 6.07) is -2.63. The fourth-order valence-electron chi connectivity index (χ4n) is 2.83. The fraction of sp³-hybridized carbons (Fsp3) is 0.619. The van der Waals surface area contributed by atoms with Crippen molar-refractivity contribution >= 4 is 0 Å². The van der Waals surface area contributed by atoms with Crippen LogP contribution in [-0.2, 0) is 6.37 Å². The minimum absolute atomic E-state index is 0.217. The number of phenols is 1. The summed E-state index contributed by atoms with van der Waals surface area (Å²) < 4.78 is 146. The van der Waals surface area contributed by atoms with Gasteiger partial charge in [-0.3, -0.25) is 0 Å². The van der Waals surface area contributed by atoms with Gasteiger partial charge in [-0.15, -0.1) is 0 Å². The average Bonchev–Trinajstić information content (AvgIpc) is 2.75. The molecule has 1 aromatic rings. The Labute approximate surface area is 164 Å². The number of fused-ring (bicyclic) bond motifs is 3. The maximum atomic E-state index is 11.2. The van der Waals surface area contributed by atoms with Gasteiger partial charge >= 0.3 is 0 Å². The predicted octanol–water partition coefficient (Wildman–Crippen LogP) is 5.74. The summed E-state index contributed by atoms with van der Waals surface area (Å²) in [7, 11) is 0. The van der Waals surface area contributed by atoms with Crippen molar-refractivity contribution in [3.8, 4) is 11.5 Å². The highest BCUT2D eigenvalue weighted by atomic mass is 16.5. The second-order valence-electron chi connectivity index (χ2n) is 5.95. The van der Waals surface area contributed by atoms with Crippen molar-refractivity contribution in [2.45, 2.75) is 77.4 Å². The van der Waals surface area contributed by atoms with Crippen molar-refractivity contribution in [1.82, 2.24) is 0 Å². The minimum Gasteiger partial charge on any atom is -0.507 e. The lowest BCUT2D eigenvalue weighted by Gasteiger charge is -2.46. The van der Waals surface area contributed by atoms with Crippen molar-refractivity contribution < 1.29 is 33.1 Å². The Kier molecular flexibility index (Phi) is 1.50. The van der Waals surface area contributed by atoms with Crippen molar-refractivity contribution in [3.63, 3.8) is 0 Å². The predicted molar refractivity (Wildman–Crippen MR) is 95.3 cm³/mol. The van der Waals surface area contributed by atoms with Crippen LogP contribution in [0.2, 0.25) is 0 Å². The normalized spacial score (nSPS) is 44.8. The van der Waals surface area contributed by atoms with Crippen LogP contribution in [0.3, 0.4) is 0 Å². The summed E-state index contributed by atoms with van der Waals surface area (Å²) in [5, 5.41) is 11.2. The second-order valence-corrected chi connectivity index (χ2v) is 5.95. The lowest BCUT2D eigenvalue weighted by molar-refractivity contribution is 0.0107. The number of phenolic OH excluding ortho intramolecular Hbond substituents is 1. The highest BCUT2D eigenvalue weighted by Crippen LogP contribution is 2.53. The highest BCUT2D eigenvalue weighted by molar-refractivity contribution is 5.53. The lowest BCUT2D eigenvalue weighted by atomic mass is 9.68. The lowest BCUT2D eigenvalue weighted by Crippen LogP contribution is -2.45.